The Morgan fingerprint density at radius 1 is 1.31 bits per heavy atom. The van der Waals surface area contributed by atoms with E-state index in [2.05, 4.69) is 15.5 Å². The molecule has 8 nitrogen and oxygen atoms in total. The summed E-state index contributed by atoms with van der Waals surface area (Å²) >= 11 is 7.46. The first-order chi connectivity index (χ1) is 15.2. The first kappa shape index (κ1) is 22.9. The maximum atomic E-state index is 12.9. The Kier molecular flexibility index (Phi) is 6.66. The van der Waals surface area contributed by atoms with E-state index in [1.165, 1.54) is 15.6 Å². The highest BCUT2D eigenvalue weighted by atomic mass is 35.5. The minimum absolute atomic E-state index is 0.121. The number of halogens is 1. The zero-order valence-corrected chi connectivity index (χ0v) is 20.1. The summed E-state index contributed by atoms with van der Waals surface area (Å²) in [4.78, 5) is 18.2. The van der Waals surface area contributed by atoms with Crippen molar-refractivity contribution in [3.8, 4) is 0 Å². The van der Waals surface area contributed by atoms with Crippen molar-refractivity contribution in [2.24, 2.45) is 5.92 Å². The molecule has 11 heteroatoms. The van der Waals surface area contributed by atoms with E-state index in [1.54, 1.807) is 20.0 Å². The SMILES string of the molecule is Cc1noc(C)c1S(=O)(=O)N1CCC(C(=O)Nc2ncc(Cc3cccc(Cl)c3)s2)CC1. The lowest BCUT2D eigenvalue weighted by Crippen LogP contribution is -2.41. The minimum atomic E-state index is -3.69. The molecule has 3 aromatic rings. The predicted molar refractivity (Wildman–Crippen MR) is 122 cm³/mol. The molecule has 3 heterocycles. The van der Waals surface area contributed by atoms with Crippen LogP contribution in [0.15, 0.2) is 39.9 Å². The van der Waals surface area contributed by atoms with Crippen molar-refractivity contribution in [3.05, 3.63) is 57.4 Å². The fourth-order valence-corrected chi connectivity index (χ4v) is 6.66. The molecular formula is C21H23ClN4O4S2. The maximum Gasteiger partial charge on any atom is 0.248 e. The number of aromatic nitrogens is 2. The van der Waals surface area contributed by atoms with Crippen LogP contribution in [0, 0.1) is 19.8 Å². The second kappa shape index (κ2) is 9.30. The van der Waals surface area contributed by atoms with Gasteiger partial charge in [-0.1, -0.05) is 28.9 Å². The molecule has 0 unspecified atom stereocenters. The Morgan fingerprint density at radius 2 is 2.06 bits per heavy atom. The van der Waals surface area contributed by atoms with Gasteiger partial charge >= 0.3 is 0 Å². The first-order valence-electron chi connectivity index (χ1n) is 10.2. The van der Waals surface area contributed by atoms with E-state index < -0.39 is 10.0 Å². The molecule has 1 aliphatic heterocycles. The van der Waals surface area contributed by atoms with E-state index in [4.69, 9.17) is 16.1 Å². The number of hydrogen-bond acceptors (Lipinski definition) is 7. The van der Waals surface area contributed by atoms with E-state index in [0.29, 0.717) is 35.1 Å². The summed E-state index contributed by atoms with van der Waals surface area (Å²) in [6.07, 6.45) is 3.32. The van der Waals surface area contributed by atoms with Crippen LogP contribution in [-0.4, -0.2) is 41.9 Å². The Morgan fingerprint density at radius 3 is 2.72 bits per heavy atom. The van der Waals surface area contributed by atoms with Gasteiger partial charge in [-0.05, 0) is 44.4 Å². The van der Waals surface area contributed by atoms with Gasteiger partial charge in [-0.2, -0.15) is 4.31 Å². The van der Waals surface area contributed by atoms with Crippen LogP contribution in [0.3, 0.4) is 0 Å². The van der Waals surface area contributed by atoms with Gasteiger partial charge in [0.2, 0.25) is 15.9 Å². The molecule has 0 saturated carbocycles. The van der Waals surface area contributed by atoms with Crippen molar-refractivity contribution in [2.75, 3.05) is 18.4 Å². The van der Waals surface area contributed by atoms with Gasteiger partial charge in [-0.15, -0.1) is 11.3 Å². The fourth-order valence-electron chi connectivity index (χ4n) is 3.83. The predicted octanol–water partition coefficient (Wildman–Crippen LogP) is 4.03. The normalized spacial score (nSPS) is 15.7. The highest BCUT2D eigenvalue weighted by Gasteiger charge is 2.35. The molecule has 1 aliphatic rings. The molecule has 0 radical (unpaired) electrons. The van der Waals surface area contributed by atoms with Crippen LogP contribution in [0.4, 0.5) is 5.13 Å². The lowest BCUT2D eigenvalue weighted by molar-refractivity contribution is -0.120. The smallest absolute Gasteiger partial charge is 0.248 e. The molecule has 1 saturated heterocycles. The second-order valence-electron chi connectivity index (χ2n) is 7.76. The number of anilines is 1. The van der Waals surface area contributed by atoms with E-state index in [0.717, 1.165) is 10.4 Å². The minimum Gasteiger partial charge on any atom is -0.360 e. The average Bonchev–Trinajstić information content (AvgIpc) is 3.33. The van der Waals surface area contributed by atoms with Gasteiger partial charge in [0.15, 0.2) is 10.9 Å². The molecule has 2 aromatic heterocycles. The quantitative estimate of drug-likeness (QED) is 0.554. The van der Waals surface area contributed by atoms with Crippen molar-refractivity contribution in [1.82, 2.24) is 14.4 Å². The van der Waals surface area contributed by atoms with Crippen molar-refractivity contribution in [1.29, 1.82) is 0 Å². The average molecular weight is 495 g/mol. The summed E-state index contributed by atoms with van der Waals surface area (Å²) in [7, 11) is -3.69. The summed E-state index contributed by atoms with van der Waals surface area (Å²) in [5.41, 5.74) is 1.42. The highest BCUT2D eigenvalue weighted by molar-refractivity contribution is 7.89. The van der Waals surface area contributed by atoms with E-state index in [-0.39, 0.29) is 35.6 Å². The molecular weight excluding hydrogens is 472 g/mol. The third kappa shape index (κ3) is 4.88. The summed E-state index contributed by atoms with van der Waals surface area (Å²) in [6.45, 7) is 3.73. The van der Waals surface area contributed by atoms with Crippen LogP contribution >= 0.6 is 22.9 Å². The number of piperidine rings is 1. The van der Waals surface area contributed by atoms with Crippen molar-refractivity contribution in [2.45, 2.75) is 38.0 Å². The lowest BCUT2D eigenvalue weighted by atomic mass is 9.97. The molecule has 32 heavy (non-hydrogen) atoms. The number of nitrogens with one attached hydrogen (secondary N) is 1. The van der Waals surface area contributed by atoms with Gasteiger partial charge in [0.1, 0.15) is 10.6 Å². The summed E-state index contributed by atoms with van der Waals surface area (Å²) in [5.74, 6) is -0.130. The second-order valence-corrected chi connectivity index (χ2v) is 11.2. The summed E-state index contributed by atoms with van der Waals surface area (Å²) < 4.78 is 32.3. The Bertz CT molecular complexity index is 1210. The number of rotatable bonds is 6. The molecule has 0 spiro atoms. The van der Waals surface area contributed by atoms with Crippen LogP contribution in [0.25, 0.3) is 0 Å². The van der Waals surface area contributed by atoms with Crippen LogP contribution in [-0.2, 0) is 21.2 Å². The zero-order chi connectivity index (χ0) is 22.9. The lowest BCUT2D eigenvalue weighted by Gasteiger charge is -2.30. The van der Waals surface area contributed by atoms with Gasteiger partial charge in [-0.25, -0.2) is 13.4 Å². The van der Waals surface area contributed by atoms with Gasteiger partial charge in [0.25, 0.3) is 0 Å². The third-order valence-electron chi connectivity index (χ3n) is 5.44. The third-order valence-corrected chi connectivity index (χ3v) is 8.73. The number of carbonyl (C=O) groups excluding carboxylic acids is 1. The zero-order valence-electron chi connectivity index (χ0n) is 17.7. The molecule has 170 valence electrons. The maximum absolute atomic E-state index is 12.9. The van der Waals surface area contributed by atoms with Crippen molar-refractivity contribution >= 4 is 44.0 Å². The highest BCUT2D eigenvalue weighted by Crippen LogP contribution is 2.29. The summed E-state index contributed by atoms with van der Waals surface area (Å²) in [6, 6.07) is 7.63. The van der Waals surface area contributed by atoms with E-state index >= 15 is 0 Å². The number of amides is 1. The number of nitrogens with zero attached hydrogens (tertiary/aromatic N) is 3. The molecule has 1 aromatic carbocycles. The first-order valence-corrected chi connectivity index (χ1v) is 12.8. The van der Waals surface area contributed by atoms with Gasteiger partial charge in [0, 0.05) is 41.5 Å². The number of carbonyl (C=O) groups is 1. The van der Waals surface area contributed by atoms with E-state index in [9.17, 15) is 13.2 Å². The van der Waals surface area contributed by atoms with Crippen LogP contribution in [0.1, 0.15) is 34.7 Å². The molecule has 4 rings (SSSR count). The van der Waals surface area contributed by atoms with Crippen LogP contribution in [0.5, 0.6) is 0 Å². The van der Waals surface area contributed by atoms with Crippen molar-refractivity contribution < 1.29 is 17.7 Å². The monoisotopic (exact) mass is 494 g/mol. The van der Waals surface area contributed by atoms with Gasteiger partial charge in [0.05, 0.1) is 0 Å². The molecule has 1 fully saturated rings. The van der Waals surface area contributed by atoms with Crippen LogP contribution in [0.2, 0.25) is 5.02 Å². The Hall–Kier alpha value is -2.27. The largest absolute Gasteiger partial charge is 0.360 e. The standard InChI is InChI=1S/C21H23ClN4O4S2/c1-13-19(14(2)30-25-13)32(28,29)26-8-6-16(7-9-26)20(27)24-21-23-12-18(31-21)11-15-4-3-5-17(22)10-15/h3-5,10,12,16H,6-9,11H2,1-2H3,(H,23,24,27). The van der Waals surface area contributed by atoms with Crippen molar-refractivity contribution in [3.63, 3.8) is 0 Å². The van der Waals surface area contributed by atoms with Crippen LogP contribution < -0.4 is 5.32 Å². The fraction of sp³-hybridized carbons (Fsp3) is 0.381. The molecule has 1 N–H and O–H groups in total. The number of aryl methyl sites for hydroxylation is 2. The van der Waals surface area contributed by atoms with Gasteiger partial charge < -0.3 is 9.84 Å². The molecule has 0 aliphatic carbocycles. The van der Waals surface area contributed by atoms with Gasteiger partial charge in [-0.3, -0.25) is 4.79 Å². The summed E-state index contributed by atoms with van der Waals surface area (Å²) in [5, 5.41) is 7.84. The topological polar surface area (TPSA) is 105 Å². The number of sulfonamides is 1. The number of hydrogen-bond donors (Lipinski definition) is 1. The number of benzene rings is 1. The Balaban J connectivity index is 1.34. The van der Waals surface area contributed by atoms with E-state index in [1.807, 2.05) is 24.3 Å². The molecule has 0 bridgehead atoms. The Labute approximate surface area is 195 Å². The molecule has 1 amide bonds. The number of thiazole rings is 1. The molecule has 0 atom stereocenters.